The zero-order valence-corrected chi connectivity index (χ0v) is 9.21. The zero-order chi connectivity index (χ0) is 10.1. The Labute approximate surface area is 82.5 Å². The molecule has 0 aromatic heterocycles. The maximum Gasteiger partial charge on any atom is 0.0949 e. The molecule has 0 bridgehead atoms. The Morgan fingerprint density at radius 1 is 1.15 bits per heavy atom. The molecular formula is C11H22N2. The quantitative estimate of drug-likeness (QED) is 0.605. The fourth-order valence-corrected chi connectivity index (χ4v) is 1.30. The molecule has 0 heterocycles. The third-order valence-corrected chi connectivity index (χ3v) is 2.33. The first-order chi connectivity index (χ1) is 6.26. The summed E-state index contributed by atoms with van der Waals surface area (Å²) in [5.74, 6) is 0. The molecule has 0 aliphatic rings. The smallest absolute Gasteiger partial charge is 0.0949 e. The van der Waals surface area contributed by atoms with Crippen molar-refractivity contribution in [2.45, 2.75) is 52.5 Å². The van der Waals surface area contributed by atoms with Gasteiger partial charge in [0.25, 0.3) is 0 Å². The average Bonchev–Trinajstić information content (AvgIpc) is 2.17. The molecule has 2 heteroatoms. The number of hydrogen-bond acceptors (Lipinski definition) is 2. The highest BCUT2D eigenvalue weighted by Gasteiger charge is 2.10. The van der Waals surface area contributed by atoms with Crippen molar-refractivity contribution in [3.8, 4) is 6.07 Å². The van der Waals surface area contributed by atoms with Crippen LogP contribution >= 0.6 is 0 Å². The lowest BCUT2D eigenvalue weighted by Crippen LogP contribution is -2.33. The van der Waals surface area contributed by atoms with E-state index in [-0.39, 0.29) is 6.04 Å². The summed E-state index contributed by atoms with van der Waals surface area (Å²) >= 11 is 0. The molecule has 1 atom stereocenters. The summed E-state index contributed by atoms with van der Waals surface area (Å²) in [4.78, 5) is 2.28. The monoisotopic (exact) mass is 182 g/mol. The Hall–Kier alpha value is -0.550. The van der Waals surface area contributed by atoms with E-state index in [0.29, 0.717) is 0 Å². The molecule has 0 saturated heterocycles. The van der Waals surface area contributed by atoms with Crippen molar-refractivity contribution in [3.63, 3.8) is 0 Å². The van der Waals surface area contributed by atoms with E-state index in [4.69, 9.17) is 5.26 Å². The van der Waals surface area contributed by atoms with Crippen LogP contribution in [0.15, 0.2) is 0 Å². The van der Waals surface area contributed by atoms with E-state index in [9.17, 15) is 0 Å². The van der Waals surface area contributed by atoms with Crippen molar-refractivity contribution < 1.29 is 0 Å². The van der Waals surface area contributed by atoms with Gasteiger partial charge in [-0.3, -0.25) is 4.90 Å². The summed E-state index contributed by atoms with van der Waals surface area (Å²) in [6.07, 6.45) is 4.83. The van der Waals surface area contributed by atoms with Crippen LogP contribution in [-0.4, -0.2) is 24.0 Å². The Bertz CT molecular complexity index is 141. The molecule has 0 rings (SSSR count). The van der Waals surface area contributed by atoms with Crippen molar-refractivity contribution >= 4 is 0 Å². The summed E-state index contributed by atoms with van der Waals surface area (Å²) in [5, 5.41) is 8.81. The normalized spacial score (nSPS) is 12.8. The molecule has 0 N–H and O–H groups in total. The van der Waals surface area contributed by atoms with Crippen LogP contribution < -0.4 is 0 Å². The van der Waals surface area contributed by atoms with Crippen LogP contribution in [0, 0.1) is 11.3 Å². The second-order valence-corrected chi connectivity index (χ2v) is 3.55. The highest BCUT2D eigenvalue weighted by atomic mass is 15.1. The van der Waals surface area contributed by atoms with Gasteiger partial charge in [-0.05, 0) is 32.9 Å². The molecule has 0 spiro atoms. The third-order valence-electron chi connectivity index (χ3n) is 2.33. The van der Waals surface area contributed by atoms with Gasteiger partial charge >= 0.3 is 0 Å². The SMILES string of the molecule is CCCCN(CCCC)C(C)C#N. The standard InChI is InChI=1S/C11H22N2/c1-4-6-8-13(9-7-5-2)11(3)10-12/h11H,4-9H2,1-3H3. The molecule has 2 nitrogen and oxygen atoms in total. The van der Waals surface area contributed by atoms with Crippen molar-refractivity contribution in [1.82, 2.24) is 4.90 Å². The molecule has 0 fully saturated rings. The van der Waals surface area contributed by atoms with Gasteiger partial charge in [-0.15, -0.1) is 0 Å². The van der Waals surface area contributed by atoms with Crippen LogP contribution in [0.5, 0.6) is 0 Å². The maximum atomic E-state index is 8.81. The predicted molar refractivity (Wildman–Crippen MR) is 56.5 cm³/mol. The van der Waals surface area contributed by atoms with E-state index in [1.54, 1.807) is 0 Å². The summed E-state index contributed by atoms with van der Waals surface area (Å²) in [6.45, 7) is 8.52. The second-order valence-electron chi connectivity index (χ2n) is 3.55. The number of unbranched alkanes of at least 4 members (excludes halogenated alkanes) is 2. The number of nitrogens with zero attached hydrogens (tertiary/aromatic N) is 2. The minimum absolute atomic E-state index is 0.0816. The third kappa shape index (κ3) is 5.65. The van der Waals surface area contributed by atoms with Gasteiger partial charge < -0.3 is 0 Å². The Kier molecular flexibility index (Phi) is 7.73. The number of rotatable bonds is 7. The summed E-state index contributed by atoms with van der Waals surface area (Å²) in [7, 11) is 0. The maximum absolute atomic E-state index is 8.81. The van der Waals surface area contributed by atoms with E-state index in [1.165, 1.54) is 25.7 Å². The van der Waals surface area contributed by atoms with Crippen LogP contribution in [0.3, 0.4) is 0 Å². The van der Waals surface area contributed by atoms with Crippen molar-refractivity contribution in [2.75, 3.05) is 13.1 Å². The first-order valence-electron chi connectivity index (χ1n) is 5.39. The fraction of sp³-hybridized carbons (Fsp3) is 0.909. The molecule has 0 aromatic rings. The van der Waals surface area contributed by atoms with E-state index in [2.05, 4.69) is 24.8 Å². The minimum Gasteiger partial charge on any atom is -0.288 e. The van der Waals surface area contributed by atoms with Crippen LogP contribution in [0.1, 0.15) is 46.5 Å². The summed E-state index contributed by atoms with van der Waals surface area (Å²) < 4.78 is 0. The molecule has 13 heavy (non-hydrogen) atoms. The zero-order valence-electron chi connectivity index (χ0n) is 9.21. The van der Waals surface area contributed by atoms with E-state index >= 15 is 0 Å². The molecule has 0 aliphatic carbocycles. The number of nitriles is 1. The second kappa shape index (κ2) is 8.07. The fourth-order valence-electron chi connectivity index (χ4n) is 1.30. The Morgan fingerprint density at radius 3 is 1.92 bits per heavy atom. The molecule has 1 unspecified atom stereocenters. The molecule has 76 valence electrons. The van der Waals surface area contributed by atoms with Gasteiger partial charge in [-0.25, -0.2) is 0 Å². The van der Waals surface area contributed by atoms with Gasteiger partial charge in [-0.1, -0.05) is 26.7 Å². The lowest BCUT2D eigenvalue weighted by molar-refractivity contribution is 0.238. The van der Waals surface area contributed by atoms with Gasteiger partial charge in [-0.2, -0.15) is 5.26 Å². The topological polar surface area (TPSA) is 27.0 Å². The predicted octanol–water partition coefficient (Wildman–Crippen LogP) is 2.80. The van der Waals surface area contributed by atoms with E-state index in [0.717, 1.165) is 13.1 Å². The van der Waals surface area contributed by atoms with E-state index < -0.39 is 0 Å². The summed E-state index contributed by atoms with van der Waals surface area (Å²) in [6, 6.07) is 2.39. The van der Waals surface area contributed by atoms with Crippen LogP contribution in [0.2, 0.25) is 0 Å². The highest BCUT2D eigenvalue weighted by molar-refractivity contribution is 4.87. The largest absolute Gasteiger partial charge is 0.288 e. The van der Waals surface area contributed by atoms with Crippen LogP contribution in [0.25, 0.3) is 0 Å². The number of hydrogen-bond donors (Lipinski definition) is 0. The van der Waals surface area contributed by atoms with Gasteiger partial charge in [0.2, 0.25) is 0 Å². The van der Waals surface area contributed by atoms with Crippen molar-refractivity contribution in [2.24, 2.45) is 0 Å². The van der Waals surface area contributed by atoms with Gasteiger partial charge in [0.1, 0.15) is 0 Å². The van der Waals surface area contributed by atoms with Crippen molar-refractivity contribution in [3.05, 3.63) is 0 Å². The lowest BCUT2D eigenvalue weighted by atomic mass is 10.2. The molecule has 0 amide bonds. The molecular weight excluding hydrogens is 160 g/mol. The molecule has 0 aliphatic heterocycles. The first kappa shape index (κ1) is 12.4. The van der Waals surface area contributed by atoms with E-state index in [1.807, 2.05) is 6.92 Å². The Balaban J connectivity index is 3.81. The highest BCUT2D eigenvalue weighted by Crippen LogP contribution is 2.03. The molecule has 0 aromatic carbocycles. The summed E-state index contributed by atoms with van der Waals surface area (Å²) in [5.41, 5.74) is 0. The van der Waals surface area contributed by atoms with Gasteiger partial charge in [0, 0.05) is 0 Å². The molecule has 0 radical (unpaired) electrons. The van der Waals surface area contributed by atoms with Crippen LogP contribution in [0.4, 0.5) is 0 Å². The first-order valence-corrected chi connectivity index (χ1v) is 5.39. The van der Waals surface area contributed by atoms with Gasteiger partial charge in [0.15, 0.2) is 0 Å². The van der Waals surface area contributed by atoms with Crippen LogP contribution in [-0.2, 0) is 0 Å². The Morgan fingerprint density at radius 2 is 1.62 bits per heavy atom. The lowest BCUT2D eigenvalue weighted by Gasteiger charge is -2.23. The average molecular weight is 182 g/mol. The minimum atomic E-state index is 0.0816. The molecule has 0 saturated carbocycles. The van der Waals surface area contributed by atoms with Gasteiger partial charge in [0.05, 0.1) is 12.1 Å². The van der Waals surface area contributed by atoms with Crippen molar-refractivity contribution in [1.29, 1.82) is 5.26 Å².